The van der Waals surface area contributed by atoms with Crippen molar-refractivity contribution < 1.29 is 13.2 Å². The molecule has 112 valence electrons. The summed E-state index contributed by atoms with van der Waals surface area (Å²) in [7, 11) is -2.41. The number of sulfonamides is 1. The molecule has 0 saturated carbocycles. The van der Waals surface area contributed by atoms with Crippen LogP contribution in [0.2, 0.25) is 5.02 Å². The molecule has 1 amide bonds. The summed E-state index contributed by atoms with van der Waals surface area (Å²) in [6.45, 7) is 5.72. The van der Waals surface area contributed by atoms with Gasteiger partial charge in [-0.15, -0.1) is 0 Å². The molecule has 0 aliphatic rings. The molecule has 5 nitrogen and oxygen atoms in total. The molecule has 0 unspecified atom stereocenters. The SMILES string of the molecule is CCC(C)(C)N(C)C(=O)c1c(Cl)cccc1S(N)(=O)=O. The number of halogens is 1. The van der Waals surface area contributed by atoms with Crippen molar-refractivity contribution in [2.24, 2.45) is 5.14 Å². The molecule has 0 bridgehead atoms. The van der Waals surface area contributed by atoms with Crippen LogP contribution in [0.5, 0.6) is 0 Å². The zero-order valence-electron chi connectivity index (χ0n) is 12.0. The van der Waals surface area contributed by atoms with E-state index >= 15 is 0 Å². The van der Waals surface area contributed by atoms with E-state index in [2.05, 4.69) is 0 Å². The van der Waals surface area contributed by atoms with Gasteiger partial charge in [-0.2, -0.15) is 0 Å². The van der Waals surface area contributed by atoms with Gasteiger partial charge < -0.3 is 4.90 Å². The zero-order valence-corrected chi connectivity index (χ0v) is 13.5. The lowest BCUT2D eigenvalue weighted by atomic mass is 9.99. The minimum Gasteiger partial charge on any atom is -0.337 e. The van der Waals surface area contributed by atoms with Crippen LogP contribution in [0.4, 0.5) is 0 Å². The highest BCUT2D eigenvalue weighted by atomic mass is 35.5. The summed E-state index contributed by atoms with van der Waals surface area (Å²) in [5, 5.41) is 5.22. The molecule has 0 fully saturated rings. The number of primary sulfonamides is 1. The topological polar surface area (TPSA) is 80.5 Å². The smallest absolute Gasteiger partial charge is 0.256 e. The van der Waals surface area contributed by atoms with Crippen LogP contribution in [0.3, 0.4) is 0 Å². The summed E-state index contributed by atoms with van der Waals surface area (Å²) >= 11 is 6.00. The number of amides is 1. The maximum Gasteiger partial charge on any atom is 0.256 e. The highest BCUT2D eigenvalue weighted by molar-refractivity contribution is 7.89. The van der Waals surface area contributed by atoms with E-state index in [1.165, 1.54) is 23.1 Å². The van der Waals surface area contributed by atoms with Crippen molar-refractivity contribution in [2.75, 3.05) is 7.05 Å². The van der Waals surface area contributed by atoms with E-state index < -0.39 is 21.5 Å². The Labute approximate surface area is 124 Å². The van der Waals surface area contributed by atoms with Gasteiger partial charge in [0.2, 0.25) is 10.0 Å². The molecular weight excluding hydrogens is 300 g/mol. The Bertz CT molecular complexity index is 627. The lowest BCUT2D eigenvalue weighted by Crippen LogP contribution is -2.45. The van der Waals surface area contributed by atoms with Gasteiger partial charge in [0.05, 0.1) is 15.5 Å². The van der Waals surface area contributed by atoms with Crippen LogP contribution < -0.4 is 5.14 Å². The summed E-state index contributed by atoms with van der Waals surface area (Å²) < 4.78 is 23.2. The van der Waals surface area contributed by atoms with Crippen molar-refractivity contribution in [2.45, 2.75) is 37.6 Å². The lowest BCUT2D eigenvalue weighted by molar-refractivity contribution is 0.0616. The Hall–Kier alpha value is -1.11. The van der Waals surface area contributed by atoms with E-state index in [0.717, 1.165) is 0 Å². The van der Waals surface area contributed by atoms with Gasteiger partial charge in [0.25, 0.3) is 5.91 Å². The van der Waals surface area contributed by atoms with Gasteiger partial charge in [-0.1, -0.05) is 24.6 Å². The molecule has 1 aromatic carbocycles. The van der Waals surface area contributed by atoms with Gasteiger partial charge in [0, 0.05) is 12.6 Å². The van der Waals surface area contributed by atoms with Crippen LogP contribution in [0.25, 0.3) is 0 Å². The molecule has 0 spiro atoms. The summed E-state index contributed by atoms with van der Waals surface area (Å²) in [6.07, 6.45) is 0.713. The minimum atomic E-state index is -4.02. The third kappa shape index (κ3) is 3.31. The second kappa shape index (κ2) is 5.71. The van der Waals surface area contributed by atoms with Crippen LogP contribution in [0.15, 0.2) is 23.1 Å². The summed E-state index contributed by atoms with van der Waals surface area (Å²) in [4.78, 5) is 13.8. The van der Waals surface area contributed by atoms with Crippen LogP contribution in [-0.2, 0) is 10.0 Å². The van der Waals surface area contributed by atoms with Crippen LogP contribution in [0.1, 0.15) is 37.6 Å². The van der Waals surface area contributed by atoms with E-state index in [9.17, 15) is 13.2 Å². The number of benzene rings is 1. The van der Waals surface area contributed by atoms with Crippen molar-refractivity contribution in [3.8, 4) is 0 Å². The molecule has 1 rings (SSSR count). The Morgan fingerprint density at radius 1 is 1.40 bits per heavy atom. The number of carbonyl (C=O) groups is 1. The second-order valence-corrected chi connectivity index (χ2v) is 7.13. The molecule has 0 atom stereocenters. The van der Waals surface area contributed by atoms with E-state index in [1.807, 2.05) is 20.8 Å². The van der Waals surface area contributed by atoms with Crippen molar-refractivity contribution in [1.29, 1.82) is 0 Å². The van der Waals surface area contributed by atoms with Crippen LogP contribution in [-0.4, -0.2) is 31.8 Å². The quantitative estimate of drug-likeness (QED) is 0.924. The van der Waals surface area contributed by atoms with Crippen LogP contribution >= 0.6 is 11.6 Å². The Morgan fingerprint density at radius 2 is 1.95 bits per heavy atom. The Morgan fingerprint density at radius 3 is 2.40 bits per heavy atom. The summed E-state index contributed by atoms with van der Waals surface area (Å²) in [6, 6.07) is 4.20. The maximum absolute atomic E-state index is 12.6. The van der Waals surface area contributed by atoms with E-state index in [1.54, 1.807) is 7.05 Å². The van der Waals surface area contributed by atoms with Gasteiger partial charge in [-0.25, -0.2) is 13.6 Å². The molecule has 0 aliphatic heterocycles. The Kier molecular flexibility index (Phi) is 4.84. The van der Waals surface area contributed by atoms with Crippen LogP contribution in [0, 0.1) is 0 Å². The third-order valence-corrected chi connectivity index (χ3v) is 4.84. The number of rotatable bonds is 4. The molecule has 0 heterocycles. The van der Waals surface area contributed by atoms with Crippen molar-refractivity contribution in [3.63, 3.8) is 0 Å². The molecule has 1 aromatic rings. The number of hydrogen-bond donors (Lipinski definition) is 1. The monoisotopic (exact) mass is 318 g/mol. The summed E-state index contributed by atoms with van der Waals surface area (Å²) in [5.74, 6) is -0.466. The molecule has 0 aromatic heterocycles. The third-order valence-electron chi connectivity index (χ3n) is 3.57. The molecule has 7 heteroatoms. The summed E-state index contributed by atoms with van der Waals surface area (Å²) in [5.41, 5.74) is -0.507. The van der Waals surface area contributed by atoms with Crippen molar-refractivity contribution >= 4 is 27.5 Å². The second-order valence-electron chi connectivity index (χ2n) is 5.19. The average Bonchev–Trinajstić information content (AvgIpc) is 2.35. The predicted molar refractivity (Wildman–Crippen MR) is 79.3 cm³/mol. The number of carbonyl (C=O) groups excluding carboxylic acids is 1. The molecule has 2 N–H and O–H groups in total. The van der Waals surface area contributed by atoms with E-state index in [4.69, 9.17) is 16.7 Å². The zero-order chi connectivity index (χ0) is 15.7. The van der Waals surface area contributed by atoms with Gasteiger partial charge >= 0.3 is 0 Å². The fourth-order valence-electron chi connectivity index (χ4n) is 1.63. The largest absolute Gasteiger partial charge is 0.337 e. The molecule has 20 heavy (non-hydrogen) atoms. The predicted octanol–water partition coefficient (Wildman–Crippen LogP) is 2.25. The van der Waals surface area contributed by atoms with Gasteiger partial charge in [0.15, 0.2) is 0 Å². The average molecular weight is 319 g/mol. The first kappa shape index (κ1) is 16.9. The normalized spacial score (nSPS) is 12.3. The fraction of sp³-hybridized carbons (Fsp3) is 0.462. The first-order chi connectivity index (χ1) is 9.02. The fourth-order valence-corrected chi connectivity index (χ4v) is 2.69. The molecule has 0 aliphatic carbocycles. The molecular formula is C13H19ClN2O3S. The first-order valence-electron chi connectivity index (χ1n) is 6.12. The van der Waals surface area contributed by atoms with Crippen molar-refractivity contribution in [1.82, 2.24) is 4.90 Å². The lowest BCUT2D eigenvalue weighted by Gasteiger charge is -2.35. The number of hydrogen-bond acceptors (Lipinski definition) is 3. The highest BCUT2D eigenvalue weighted by Gasteiger charge is 2.31. The number of nitrogens with zero attached hydrogens (tertiary/aromatic N) is 1. The minimum absolute atomic E-state index is 0.0697. The van der Waals surface area contributed by atoms with E-state index in [-0.39, 0.29) is 15.5 Å². The van der Waals surface area contributed by atoms with Gasteiger partial charge in [-0.05, 0) is 32.4 Å². The van der Waals surface area contributed by atoms with Crippen molar-refractivity contribution in [3.05, 3.63) is 28.8 Å². The standard InChI is InChI=1S/C13H19ClN2O3S/c1-5-13(2,3)16(4)12(17)11-9(14)7-6-8-10(11)20(15,18)19/h6-8H,5H2,1-4H3,(H2,15,18,19). The first-order valence-corrected chi connectivity index (χ1v) is 8.04. The van der Waals surface area contributed by atoms with E-state index in [0.29, 0.717) is 6.42 Å². The highest BCUT2D eigenvalue weighted by Crippen LogP contribution is 2.27. The van der Waals surface area contributed by atoms with Gasteiger partial charge in [0.1, 0.15) is 0 Å². The molecule has 0 radical (unpaired) electrons. The Balaban J connectivity index is 3.45. The maximum atomic E-state index is 12.6. The van der Waals surface area contributed by atoms with Gasteiger partial charge in [-0.3, -0.25) is 4.79 Å². The number of nitrogens with two attached hydrogens (primary N) is 1. The molecule has 0 saturated heterocycles.